The van der Waals surface area contributed by atoms with E-state index < -0.39 is 0 Å². The number of hydrogen-bond acceptors (Lipinski definition) is 8. The molecule has 0 saturated carbocycles. The Morgan fingerprint density at radius 3 is 3.14 bits per heavy atom. The van der Waals surface area contributed by atoms with Crippen molar-refractivity contribution in [2.75, 3.05) is 23.6 Å². The second-order valence-corrected chi connectivity index (χ2v) is 6.22. The Balaban J connectivity index is 1.78. The molecule has 1 aliphatic heterocycles. The van der Waals surface area contributed by atoms with Crippen molar-refractivity contribution in [1.82, 2.24) is 15.0 Å². The van der Waals surface area contributed by atoms with Gasteiger partial charge in [0.05, 0.1) is 29.9 Å². The third kappa shape index (κ3) is 2.16. The van der Waals surface area contributed by atoms with Crippen LogP contribution in [0.5, 0.6) is 5.75 Å². The van der Waals surface area contributed by atoms with Gasteiger partial charge in [0.25, 0.3) is 0 Å². The van der Waals surface area contributed by atoms with E-state index in [9.17, 15) is 0 Å². The lowest BCUT2D eigenvalue weighted by Crippen LogP contribution is -1.99. The normalized spacial score (nSPS) is 13.0. The van der Waals surface area contributed by atoms with Crippen LogP contribution in [0.2, 0.25) is 0 Å². The maximum absolute atomic E-state index is 5.46. The summed E-state index contributed by atoms with van der Waals surface area (Å²) in [5, 5.41) is 6.62. The van der Waals surface area contributed by atoms with Crippen molar-refractivity contribution in [3.63, 3.8) is 0 Å². The predicted molar refractivity (Wildman–Crippen MR) is 85.8 cm³/mol. The summed E-state index contributed by atoms with van der Waals surface area (Å²) < 4.78 is 5.46. The fraction of sp³-hybridized carbons (Fsp3) is 0.154. The van der Waals surface area contributed by atoms with E-state index in [4.69, 9.17) is 4.74 Å². The minimum absolute atomic E-state index is 0.690. The van der Waals surface area contributed by atoms with Gasteiger partial charge in [0.15, 0.2) is 5.82 Å². The summed E-state index contributed by atoms with van der Waals surface area (Å²) in [6.07, 6.45) is 1.54. The lowest BCUT2D eigenvalue weighted by Gasteiger charge is -2.12. The summed E-state index contributed by atoms with van der Waals surface area (Å²) in [6.45, 7) is 0. The van der Waals surface area contributed by atoms with Gasteiger partial charge in [-0.3, -0.25) is 0 Å². The predicted octanol–water partition coefficient (Wildman–Crippen LogP) is 3.31. The van der Waals surface area contributed by atoms with Gasteiger partial charge in [-0.1, -0.05) is 0 Å². The van der Waals surface area contributed by atoms with Crippen LogP contribution in [0.1, 0.15) is 0 Å². The Labute approximate surface area is 129 Å². The first-order valence-corrected chi connectivity index (χ1v) is 8.11. The molecule has 2 aromatic heterocycles. The van der Waals surface area contributed by atoms with E-state index in [0.29, 0.717) is 5.82 Å². The van der Waals surface area contributed by atoms with Gasteiger partial charge in [-0.25, -0.2) is 15.0 Å². The van der Waals surface area contributed by atoms with Gasteiger partial charge in [-0.2, -0.15) is 0 Å². The molecule has 21 heavy (non-hydrogen) atoms. The first-order chi connectivity index (χ1) is 10.3. The molecular formula is C13H11N5OS2. The number of rotatable bonds is 3. The van der Waals surface area contributed by atoms with E-state index in [0.717, 1.165) is 33.3 Å². The first kappa shape index (κ1) is 12.7. The van der Waals surface area contributed by atoms with Crippen LogP contribution in [0.25, 0.3) is 10.3 Å². The highest BCUT2D eigenvalue weighted by Crippen LogP contribution is 2.41. The summed E-state index contributed by atoms with van der Waals surface area (Å²) in [5.74, 6) is 2.34. The Bertz CT molecular complexity index is 819. The minimum Gasteiger partial charge on any atom is -0.494 e. The maximum atomic E-state index is 5.46. The fourth-order valence-electron chi connectivity index (χ4n) is 2.19. The number of hydrogen-bond donors (Lipinski definition) is 2. The van der Waals surface area contributed by atoms with Crippen molar-refractivity contribution < 1.29 is 4.74 Å². The summed E-state index contributed by atoms with van der Waals surface area (Å²) in [5.41, 5.74) is 4.52. The van der Waals surface area contributed by atoms with Gasteiger partial charge in [-0.15, -0.1) is 23.1 Å². The Kier molecular flexibility index (Phi) is 3.04. The van der Waals surface area contributed by atoms with Crippen LogP contribution in [0, 0.1) is 0 Å². The molecule has 1 aliphatic rings. The number of ether oxygens (including phenoxy) is 1. The minimum atomic E-state index is 0.690. The van der Waals surface area contributed by atoms with E-state index in [1.807, 2.05) is 6.07 Å². The van der Waals surface area contributed by atoms with Crippen LogP contribution in [0.3, 0.4) is 0 Å². The molecule has 8 heteroatoms. The van der Waals surface area contributed by atoms with Crippen LogP contribution in [-0.4, -0.2) is 27.9 Å². The van der Waals surface area contributed by atoms with E-state index >= 15 is 0 Å². The monoisotopic (exact) mass is 317 g/mol. The van der Waals surface area contributed by atoms with Crippen LogP contribution >= 0.6 is 23.1 Å². The van der Waals surface area contributed by atoms with Crippen LogP contribution in [0.15, 0.2) is 28.9 Å². The molecule has 0 bridgehead atoms. The molecule has 0 unspecified atom stereocenters. The quantitative estimate of drug-likeness (QED) is 0.767. The van der Waals surface area contributed by atoms with Gasteiger partial charge in [0.2, 0.25) is 0 Å². The van der Waals surface area contributed by atoms with E-state index in [1.54, 1.807) is 30.7 Å². The lowest BCUT2D eigenvalue weighted by atomic mass is 10.2. The molecule has 0 aliphatic carbocycles. The Morgan fingerprint density at radius 2 is 2.24 bits per heavy atom. The number of thioether (sulfide) groups is 1. The molecule has 0 radical (unpaired) electrons. The van der Waals surface area contributed by atoms with Crippen LogP contribution in [-0.2, 0) is 0 Å². The third-order valence-electron chi connectivity index (χ3n) is 3.18. The maximum Gasteiger partial charge on any atom is 0.161 e. The molecule has 106 valence electrons. The van der Waals surface area contributed by atoms with E-state index in [-0.39, 0.29) is 0 Å². The molecule has 0 amide bonds. The number of nitrogens with one attached hydrogen (secondary N) is 2. The average molecular weight is 317 g/mol. The van der Waals surface area contributed by atoms with Crippen LogP contribution in [0.4, 0.5) is 17.2 Å². The molecule has 6 nitrogen and oxygen atoms in total. The van der Waals surface area contributed by atoms with Crippen molar-refractivity contribution in [2.45, 2.75) is 4.90 Å². The molecule has 2 N–H and O–H groups in total. The number of benzene rings is 1. The van der Waals surface area contributed by atoms with Crippen LogP contribution < -0.4 is 15.4 Å². The molecule has 3 heterocycles. The third-order valence-corrected chi connectivity index (χ3v) is 4.85. The van der Waals surface area contributed by atoms with Crippen molar-refractivity contribution in [3.05, 3.63) is 24.0 Å². The molecule has 0 spiro atoms. The zero-order valence-electron chi connectivity index (χ0n) is 11.1. The molecule has 1 aromatic carbocycles. The highest BCUT2D eigenvalue weighted by Gasteiger charge is 2.16. The standard InChI is InChI=1S/C13H11N5OS2/c1-19-9-2-8-10(20-5-16-8)3-7(9)18-12-11-13(15-4-14-12)21-6-17-11/h2-4,6,16H,5H2,1H3,(H,14,15,18). The van der Waals surface area contributed by atoms with E-state index in [2.05, 4.69) is 31.7 Å². The fourth-order valence-corrected chi connectivity index (χ4v) is 3.69. The van der Waals surface area contributed by atoms with Gasteiger partial charge in [0, 0.05) is 11.0 Å². The molecular weight excluding hydrogens is 306 g/mol. The molecule has 4 rings (SSSR count). The topological polar surface area (TPSA) is 72.0 Å². The Hall–Kier alpha value is -2.06. The number of methoxy groups -OCH3 is 1. The second kappa shape index (κ2) is 5.05. The van der Waals surface area contributed by atoms with Crippen molar-refractivity contribution in [3.8, 4) is 5.75 Å². The molecule has 0 atom stereocenters. The van der Waals surface area contributed by atoms with Gasteiger partial charge in [-0.05, 0) is 6.07 Å². The molecule has 3 aromatic rings. The summed E-state index contributed by atoms with van der Waals surface area (Å²) in [7, 11) is 1.66. The van der Waals surface area contributed by atoms with Gasteiger partial charge < -0.3 is 15.4 Å². The zero-order valence-corrected chi connectivity index (χ0v) is 12.7. The number of aromatic nitrogens is 3. The lowest BCUT2D eigenvalue weighted by molar-refractivity contribution is 0.417. The Morgan fingerprint density at radius 1 is 1.29 bits per heavy atom. The highest BCUT2D eigenvalue weighted by atomic mass is 32.2. The largest absolute Gasteiger partial charge is 0.494 e. The summed E-state index contributed by atoms with van der Waals surface area (Å²) in [4.78, 5) is 14.9. The number of fused-ring (bicyclic) bond motifs is 2. The summed E-state index contributed by atoms with van der Waals surface area (Å²) >= 11 is 3.26. The van der Waals surface area contributed by atoms with Crippen molar-refractivity contribution >= 4 is 50.6 Å². The zero-order chi connectivity index (χ0) is 14.2. The van der Waals surface area contributed by atoms with Gasteiger partial charge >= 0.3 is 0 Å². The number of anilines is 3. The molecule has 0 saturated heterocycles. The highest BCUT2D eigenvalue weighted by molar-refractivity contribution is 7.99. The average Bonchev–Trinajstić information content (AvgIpc) is 3.15. The van der Waals surface area contributed by atoms with Gasteiger partial charge in [0.1, 0.15) is 22.4 Å². The SMILES string of the molecule is COc1cc2c(cc1Nc1ncnc3scnc13)SCN2. The first-order valence-electron chi connectivity index (χ1n) is 6.25. The number of nitrogens with zero attached hydrogens (tertiary/aromatic N) is 3. The van der Waals surface area contributed by atoms with Crippen molar-refractivity contribution in [2.24, 2.45) is 0 Å². The van der Waals surface area contributed by atoms with Crippen molar-refractivity contribution in [1.29, 1.82) is 0 Å². The molecule has 0 fully saturated rings. The summed E-state index contributed by atoms with van der Waals surface area (Å²) in [6, 6.07) is 4.07. The number of thiazole rings is 1. The second-order valence-electron chi connectivity index (χ2n) is 4.37. The van der Waals surface area contributed by atoms with E-state index in [1.165, 1.54) is 16.2 Å². The smallest absolute Gasteiger partial charge is 0.161 e.